The number of aliphatic imine (C=N–C) groups is 1. The van der Waals surface area contributed by atoms with Gasteiger partial charge in [0.25, 0.3) is 5.91 Å². The molecule has 6 nitrogen and oxygen atoms in total. The zero-order valence-electron chi connectivity index (χ0n) is 19.4. The van der Waals surface area contributed by atoms with Gasteiger partial charge in [-0.3, -0.25) is 19.5 Å². The van der Waals surface area contributed by atoms with Crippen LogP contribution in [0.3, 0.4) is 0 Å². The number of likely N-dealkylation sites (tertiary alicyclic amines) is 1. The maximum Gasteiger partial charge on any atom is 0.256 e. The highest BCUT2D eigenvalue weighted by Crippen LogP contribution is 2.46. The van der Waals surface area contributed by atoms with E-state index in [1.54, 1.807) is 0 Å². The van der Waals surface area contributed by atoms with Crippen LogP contribution < -0.4 is 0 Å². The van der Waals surface area contributed by atoms with Gasteiger partial charge >= 0.3 is 0 Å². The van der Waals surface area contributed by atoms with Crippen LogP contribution in [0.25, 0.3) is 22.0 Å². The number of aromatic nitrogens is 1. The molecule has 6 heteroatoms. The van der Waals surface area contributed by atoms with Gasteiger partial charge in [-0.25, -0.2) is 0 Å². The lowest BCUT2D eigenvalue weighted by Gasteiger charge is -2.41. The first-order valence-corrected chi connectivity index (χ1v) is 12.4. The molecular weight excluding hydrogens is 424 g/mol. The second-order valence-electron chi connectivity index (χ2n) is 10.5. The van der Waals surface area contributed by atoms with Crippen LogP contribution in [0.1, 0.15) is 31.2 Å². The summed E-state index contributed by atoms with van der Waals surface area (Å²) in [5.41, 5.74) is 4.03. The number of nitrogens with zero attached hydrogens (tertiary/aromatic N) is 4. The molecular formula is C28H28N4O2. The second-order valence-corrected chi connectivity index (χ2v) is 10.5. The van der Waals surface area contributed by atoms with Crippen LogP contribution in [-0.2, 0) is 16.6 Å². The van der Waals surface area contributed by atoms with Gasteiger partial charge in [-0.2, -0.15) is 0 Å². The van der Waals surface area contributed by atoms with Crippen LogP contribution in [0.2, 0.25) is 0 Å². The first-order chi connectivity index (χ1) is 16.5. The number of fused-ring (bicyclic) bond motifs is 1. The van der Waals surface area contributed by atoms with Crippen molar-refractivity contribution in [3.8, 4) is 11.1 Å². The van der Waals surface area contributed by atoms with Gasteiger partial charge in [-0.15, -0.1) is 0 Å². The van der Waals surface area contributed by atoms with E-state index in [4.69, 9.17) is 4.99 Å². The highest BCUT2D eigenvalue weighted by molar-refractivity contribution is 6.16. The van der Waals surface area contributed by atoms with Gasteiger partial charge in [0.2, 0.25) is 5.91 Å². The van der Waals surface area contributed by atoms with Crippen molar-refractivity contribution < 1.29 is 9.59 Å². The van der Waals surface area contributed by atoms with Gasteiger partial charge in [-0.1, -0.05) is 30.3 Å². The number of carbonyl (C=O) groups is 2. The van der Waals surface area contributed by atoms with Crippen LogP contribution in [0.5, 0.6) is 0 Å². The quantitative estimate of drug-likeness (QED) is 0.591. The van der Waals surface area contributed by atoms with E-state index in [1.807, 2.05) is 9.80 Å². The molecule has 0 bridgehead atoms. The molecule has 0 unspecified atom stereocenters. The average molecular weight is 453 g/mol. The van der Waals surface area contributed by atoms with Crippen molar-refractivity contribution >= 4 is 28.6 Å². The fourth-order valence-corrected chi connectivity index (χ4v) is 5.48. The molecule has 2 amide bonds. The van der Waals surface area contributed by atoms with Crippen molar-refractivity contribution in [2.45, 2.75) is 31.2 Å². The Hall–Kier alpha value is -3.41. The Morgan fingerprint density at radius 1 is 1.00 bits per heavy atom. The third-order valence-corrected chi connectivity index (χ3v) is 7.94. The van der Waals surface area contributed by atoms with E-state index in [2.05, 4.69) is 66.3 Å². The van der Waals surface area contributed by atoms with Crippen LogP contribution in [-0.4, -0.2) is 57.2 Å². The number of amides is 2. The summed E-state index contributed by atoms with van der Waals surface area (Å²) in [6.45, 7) is 2.18. The van der Waals surface area contributed by atoms with Crippen molar-refractivity contribution in [3.05, 3.63) is 60.3 Å². The largest absolute Gasteiger partial charge is 0.351 e. The fraction of sp³-hybridized carbons (Fsp3) is 0.393. The Morgan fingerprint density at radius 3 is 2.41 bits per heavy atom. The summed E-state index contributed by atoms with van der Waals surface area (Å²) >= 11 is 0. The molecule has 2 aliphatic heterocycles. The van der Waals surface area contributed by atoms with Gasteiger partial charge in [0.15, 0.2) is 0 Å². The molecule has 1 spiro atoms. The topological polar surface area (TPSA) is 57.9 Å². The van der Waals surface area contributed by atoms with Crippen molar-refractivity contribution in [1.82, 2.24) is 14.4 Å². The molecule has 2 aliphatic carbocycles. The summed E-state index contributed by atoms with van der Waals surface area (Å²) < 4.78 is 2.13. The van der Waals surface area contributed by atoms with Crippen LogP contribution in [0, 0.1) is 11.8 Å². The maximum absolute atomic E-state index is 13.2. The van der Waals surface area contributed by atoms with E-state index in [1.165, 1.54) is 16.5 Å². The van der Waals surface area contributed by atoms with E-state index in [-0.39, 0.29) is 11.8 Å². The van der Waals surface area contributed by atoms with E-state index in [0.29, 0.717) is 18.4 Å². The van der Waals surface area contributed by atoms with Crippen LogP contribution in [0.15, 0.2) is 59.7 Å². The zero-order chi connectivity index (χ0) is 23.0. The summed E-state index contributed by atoms with van der Waals surface area (Å²) in [6, 6.07) is 17.1. The Bertz CT molecular complexity index is 1350. The molecule has 0 atom stereocenters. The molecule has 7 rings (SSSR count). The van der Waals surface area contributed by atoms with Gasteiger partial charge in [0, 0.05) is 61.2 Å². The van der Waals surface area contributed by atoms with Crippen LogP contribution in [0.4, 0.5) is 0 Å². The van der Waals surface area contributed by atoms with Gasteiger partial charge in [0.05, 0.1) is 0 Å². The van der Waals surface area contributed by atoms with E-state index >= 15 is 0 Å². The first kappa shape index (κ1) is 20.0. The monoisotopic (exact) mass is 452 g/mol. The summed E-state index contributed by atoms with van der Waals surface area (Å²) in [5, 5.41) is 1.23. The minimum absolute atomic E-state index is 0.146. The predicted molar refractivity (Wildman–Crippen MR) is 131 cm³/mol. The number of aryl methyl sites for hydroxylation is 1. The molecule has 2 aromatic carbocycles. The number of hydrogen-bond donors (Lipinski definition) is 0. The van der Waals surface area contributed by atoms with Crippen LogP contribution >= 0.6 is 0 Å². The number of hydrogen-bond acceptors (Lipinski definition) is 3. The molecule has 4 aliphatic rings. The Morgan fingerprint density at radius 2 is 1.71 bits per heavy atom. The molecule has 172 valence electrons. The summed E-state index contributed by atoms with van der Waals surface area (Å²) in [4.78, 5) is 34.3. The first-order valence-electron chi connectivity index (χ1n) is 12.4. The minimum Gasteiger partial charge on any atom is -0.351 e. The number of benzene rings is 2. The summed E-state index contributed by atoms with van der Waals surface area (Å²) in [5.74, 6) is 1.86. The van der Waals surface area contributed by atoms with Crippen molar-refractivity contribution in [2.24, 2.45) is 23.9 Å². The van der Waals surface area contributed by atoms with Gasteiger partial charge < -0.3 is 9.47 Å². The molecule has 0 N–H and O–H groups in total. The number of amidine groups is 1. The van der Waals surface area contributed by atoms with Gasteiger partial charge in [-0.05, 0) is 55.0 Å². The molecule has 3 aromatic rings. The summed E-state index contributed by atoms with van der Waals surface area (Å²) in [6.07, 6.45) is 5.85. The lowest BCUT2D eigenvalue weighted by molar-refractivity contribution is -0.139. The Labute approximate surface area is 198 Å². The highest BCUT2D eigenvalue weighted by Gasteiger charge is 2.57. The second kappa shape index (κ2) is 7.05. The fourth-order valence-electron chi connectivity index (χ4n) is 5.48. The average Bonchev–Trinajstić information content (AvgIpc) is 3.75. The number of carbonyl (C=O) groups excluding carboxylic acids is 2. The van der Waals surface area contributed by atoms with Crippen molar-refractivity contribution in [3.63, 3.8) is 0 Å². The third kappa shape index (κ3) is 3.11. The smallest absolute Gasteiger partial charge is 0.256 e. The van der Waals surface area contributed by atoms with E-state index in [9.17, 15) is 9.59 Å². The molecule has 0 radical (unpaired) electrons. The summed E-state index contributed by atoms with van der Waals surface area (Å²) in [7, 11) is 2.06. The van der Waals surface area contributed by atoms with E-state index < -0.39 is 5.54 Å². The van der Waals surface area contributed by atoms with Crippen molar-refractivity contribution in [1.29, 1.82) is 0 Å². The lowest BCUT2D eigenvalue weighted by atomic mass is 9.97. The standard InChI is InChI=1S/C28H28N4O2/c1-30-13-10-23-14-22(8-9-24(23)30)19-2-4-20(5-3-19)25-29-28(11-12-28)27(34)32(25)17-18-15-31(16-18)26(33)21-6-7-21/h2-5,8-10,13-14,18,21H,6-7,11-12,15-17H2,1H3. The highest BCUT2D eigenvalue weighted by atomic mass is 16.2. The lowest BCUT2D eigenvalue weighted by Crippen LogP contribution is -2.55. The number of rotatable bonds is 5. The predicted octanol–water partition coefficient (Wildman–Crippen LogP) is 3.84. The minimum atomic E-state index is -0.514. The molecule has 3 fully saturated rings. The molecule has 34 heavy (non-hydrogen) atoms. The molecule has 2 saturated carbocycles. The Kier molecular flexibility index (Phi) is 4.15. The van der Waals surface area contributed by atoms with E-state index in [0.717, 1.165) is 55.7 Å². The SMILES string of the molecule is Cn1ccc2cc(-c3ccc(C4=NC5(CC5)C(=O)N4CC4CN(C(=O)C5CC5)C4)cc3)ccc21. The van der Waals surface area contributed by atoms with Gasteiger partial charge in [0.1, 0.15) is 11.4 Å². The maximum atomic E-state index is 13.2. The molecule has 1 saturated heterocycles. The zero-order valence-corrected chi connectivity index (χ0v) is 19.4. The third-order valence-electron chi connectivity index (χ3n) is 7.94. The normalized spacial score (nSPS) is 21.3. The molecule has 1 aromatic heterocycles. The Balaban J connectivity index is 1.11. The van der Waals surface area contributed by atoms with Crippen molar-refractivity contribution in [2.75, 3.05) is 19.6 Å². The molecule has 3 heterocycles.